The molecular formula is C13H17ClFNO. The molecule has 1 aromatic rings. The van der Waals surface area contributed by atoms with Gasteiger partial charge in [0, 0.05) is 25.3 Å². The van der Waals surface area contributed by atoms with Crippen molar-refractivity contribution in [2.75, 3.05) is 19.6 Å². The van der Waals surface area contributed by atoms with Gasteiger partial charge in [0.15, 0.2) is 5.75 Å². The van der Waals surface area contributed by atoms with Gasteiger partial charge >= 0.3 is 0 Å². The molecule has 17 heavy (non-hydrogen) atoms. The van der Waals surface area contributed by atoms with Gasteiger partial charge in [0.2, 0.25) is 0 Å². The van der Waals surface area contributed by atoms with Gasteiger partial charge in [-0.2, -0.15) is 0 Å². The van der Waals surface area contributed by atoms with E-state index in [0.717, 1.165) is 25.6 Å². The van der Waals surface area contributed by atoms with Crippen LogP contribution in [0.1, 0.15) is 19.3 Å². The van der Waals surface area contributed by atoms with Crippen molar-refractivity contribution in [3.63, 3.8) is 0 Å². The summed E-state index contributed by atoms with van der Waals surface area (Å²) in [5, 5.41) is 0. The van der Waals surface area contributed by atoms with Crippen molar-refractivity contribution in [3.8, 4) is 5.75 Å². The molecule has 0 amide bonds. The zero-order valence-electron chi connectivity index (χ0n) is 9.74. The van der Waals surface area contributed by atoms with Crippen molar-refractivity contribution in [1.82, 2.24) is 0 Å². The molecule has 3 saturated heterocycles. The first-order chi connectivity index (χ1) is 7.76. The molecule has 4 rings (SSSR count). The molecule has 2 nitrogen and oxygen atoms in total. The number of hydroxylamine groups is 3. The van der Waals surface area contributed by atoms with Crippen LogP contribution in [0.15, 0.2) is 24.3 Å². The van der Waals surface area contributed by atoms with Crippen LogP contribution >= 0.6 is 0 Å². The topological polar surface area (TPSA) is 9.23 Å². The lowest BCUT2D eigenvalue weighted by molar-refractivity contribution is -1.09. The maximum absolute atomic E-state index is 13.1. The molecule has 2 bridgehead atoms. The Balaban J connectivity index is 0.00000108. The van der Waals surface area contributed by atoms with Gasteiger partial charge in [-0.3, -0.25) is 0 Å². The minimum atomic E-state index is -0.220. The predicted octanol–water partition coefficient (Wildman–Crippen LogP) is -0.246. The average molecular weight is 258 g/mol. The number of fused-ring (bicyclic) bond motifs is 3. The van der Waals surface area contributed by atoms with Crippen molar-refractivity contribution in [2.24, 2.45) is 5.92 Å². The highest BCUT2D eigenvalue weighted by Gasteiger charge is 2.42. The summed E-state index contributed by atoms with van der Waals surface area (Å²) in [6.07, 6.45) is 3.78. The van der Waals surface area contributed by atoms with Gasteiger partial charge in [-0.05, 0) is 18.1 Å². The largest absolute Gasteiger partial charge is 1.00 e. The highest BCUT2D eigenvalue weighted by molar-refractivity contribution is 5.21. The Bertz CT molecular complexity index is 377. The summed E-state index contributed by atoms with van der Waals surface area (Å²) in [5.74, 6) is 1.36. The predicted molar refractivity (Wildman–Crippen MR) is 59.2 cm³/mol. The summed E-state index contributed by atoms with van der Waals surface area (Å²) in [7, 11) is 0. The maximum atomic E-state index is 13.1. The van der Waals surface area contributed by atoms with Crippen molar-refractivity contribution in [3.05, 3.63) is 30.1 Å². The van der Waals surface area contributed by atoms with Crippen molar-refractivity contribution in [2.45, 2.75) is 19.3 Å². The molecule has 3 heterocycles. The number of rotatable bonds is 2. The molecule has 0 atom stereocenters. The molecule has 0 aliphatic carbocycles. The van der Waals surface area contributed by atoms with E-state index in [-0.39, 0.29) is 18.2 Å². The van der Waals surface area contributed by atoms with Gasteiger partial charge in [-0.1, -0.05) is 6.07 Å². The summed E-state index contributed by atoms with van der Waals surface area (Å²) in [4.78, 5) is 6.01. The smallest absolute Gasteiger partial charge is 0.193 e. The molecule has 0 spiro atoms. The lowest BCUT2D eigenvalue weighted by atomic mass is 9.88. The lowest BCUT2D eigenvalue weighted by Gasteiger charge is -2.45. The van der Waals surface area contributed by atoms with E-state index in [9.17, 15) is 4.39 Å². The highest BCUT2D eigenvalue weighted by atomic mass is 35.5. The fourth-order valence-electron chi connectivity index (χ4n) is 2.91. The van der Waals surface area contributed by atoms with E-state index < -0.39 is 0 Å². The molecular weight excluding hydrogens is 241 g/mol. The molecule has 3 fully saturated rings. The van der Waals surface area contributed by atoms with E-state index in [2.05, 4.69) is 0 Å². The van der Waals surface area contributed by atoms with Crippen molar-refractivity contribution < 1.29 is 26.3 Å². The number of quaternary nitrogens is 1. The van der Waals surface area contributed by atoms with E-state index in [0.29, 0.717) is 10.4 Å². The van der Waals surface area contributed by atoms with Crippen LogP contribution in [0.5, 0.6) is 5.75 Å². The summed E-state index contributed by atoms with van der Waals surface area (Å²) >= 11 is 0. The second-order valence-corrected chi connectivity index (χ2v) is 5.01. The molecule has 4 heteroatoms. The normalized spacial score (nSPS) is 30.8. The Kier molecular flexibility index (Phi) is 3.59. The Labute approximate surface area is 107 Å². The molecule has 0 radical (unpaired) electrons. The first-order valence-electron chi connectivity index (χ1n) is 6.07. The summed E-state index contributed by atoms with van der Waals surface area (Å²) in [5.41, 5.74) is 0. The minimum absolute atomic E-state index is 0. The van der Waals surface area contributed by atoms with E-state index in [1.165, 1.54) is 31.4 Å². The van der Waals surface area contributed by atoms with Crippen molar-refractivity contribution in [1.29, 1.82) is 0 Å². The summed E-state index contributed by atoms with van der Waals surface area (Å²) in [6, 6.07) is 6.49. The monoisotopic (exact) mass is 257 g/mol. The molecule has 0 N–H and O–H groups in total. The molecule has 1 aromatic carbocycles. The third-order valence-corrected chi connectivity index (χ3v) is 3.93. The fourth-order valence-corrected chi connectivity index (χ4v) is 2.91. The second-order valence-electron chi connectivity index (χ2n) is 5.01. The molecule has 3 aliphatic heterocycles. The average Bonchev–Trinajstić information content (AvgIpc) is 2.31. The SMILES string of the molecule is Fc1cccc(O[N+]23CCC(CC2)CC3)c1.[Cl-]. The Morgan fingerprint density at radius 2 is 1.76 bits per heavy atom. The molecule has 0 unspecified atom stereocenters. The van der Waals surface area contributed by atoms with Gasteiger partial charge < -0.3 is 17.2 Å². The lowest BCUT2D eigenvalue weighted by Crippen LogP contribution is -3.00. The van der Waals surface area contributed by atoms with Crippen LogP contribution in [0.25, 0.3) is 0 Å². The Hall–Kier alpha value is -0.800. The third kappa shape index (κ3) is 2.55. The van der Waals surface area contributed by atoms with E-state index in [1.54, 1.807) is 6.07 Å². The van der Waals surface area contributed by atoms with E-state index >= 15 is 0 Å². The van der Waals surface area contributed by atoms with Crippen molar-refractivity contribution >= 4 is 0 Å². The molecule has 0 aromatic heterocycles. The number of benzene rings is 1. The highest BCUT2D eigenvalue weighted by Crippen LogP contribution is 2.34. The maximum Gasteiger partial charge on any atom is 0.193 e. The quantitative estimate of drug-likeness (QED) is 0.665. The van der Waals surface area contributed by atoms with E-state index in [1.807, 2.05) is 6.07 Å². The van der Waals surface area contributed by atoms with Crippen LogP contribution < -0.4 is 17.2 Å². The fraction of sp³-hybridized carbons (Fsp3) is 0.538. The standard InChI is InChI=1S/C13H17FNO.ClH/c14-12-2-1-3-13(10-12)16-15-7-4-11(5-8-15)6-9-15;/h1-3,10-11H,4-9H2;1H/q+1;/p-1. The van der Waals surface area contributed by atoms with Gasteiger partial charge in [-0.25, -0.2) is 4.39 Å². The third-order valence-electron chi connectivity index (χ3n) is 3.93. The van der Waals surface area contributed by atoms with Gasteiger partial charge in [-0.15, -0.1) is 4.65 Å². The molecule has 3 aliphatic rings. The van der Waals surface area contributed by atoms with Crippen LogP contribution in [0.3, 0.4) is 0 Å². The number of hydrogen-bond acceptors (Lipinski definition) is 1. The Morgan fingerprint density at radius 3 is 2.35 bits per heavy atom. The number of piperidine rings is 3. The number of nitrogens with zero attached hydrogens (tertiary/aromatic N) is 1. The number of halogens is 2. The van der Waals surface area contributed by atoms with E-state index in [4.69, 9.17) is 4.84 Å². The van der Waals surface area contributed by atoms with Crippen LogP contribution in [0.2, 0.25) is 0 Å². The molecule has 94 valence electrons. The first kappa shape index (κ1) is 12.7. The zero-order chi connectivity index (χ0) is 11.0. The van der Waals surface area contributed by atoms with Crippen LogP contribution in [0.4, 0.5) is 4.39 Å². The second kappa shape index (κ2) is 4.83. The zero-order valence-corrected chi connectivity index (χ0v) is 10.5. The minimum Gasteiger partial charge on any atom is -1.00 e. The number of hydrogen-bond donors (Lipinski definition) is 0. The summed E-state index contributed by atoms with van der Waals surface area (Å²) in [6.45, 7) is 3.25. The van der Waals surface area contributed by atoms with Gasteiger partial charge in [0.1, 0.15) is 25.5 Å². The van der Waals surface area contributed by atoms with Crippen LogP contribution in [-0.4, -0.2) is 24.3 Å². The first-order valence-corrected chi connectivity index (χ1v) is 6.07. The molecule has 0 saturated carbocycles. The van der Waals surface area contributed by atoms with Crippen LogP contribution in [-0.2, 0) is 0 Å². The van der Waals surface area contributed by atoms with Gasteiger partial charge in [0.25, 0.3) is 0 Å². The summed E-state index contributed by atoms with van der Waals surface area (Å²) < 4.78 is 13.8. The van der Waals surface area contributed by atoms with Crippen LogP contribution in [0, 0.1) is 11.7 Å². The van der Waals surface area contributed by atoms with Gasteiger partial charge in [0.05, 0.1) is 0 Å². The Morgan fingerprint density at radius 1 is 1.12 bits per heavy atom.